The second-order valence-corrected chi connectivity index (χ2v) is 10.2. The number of aliphatic imine (C=N–C) groups is 1. The van der Waals surface area contributed by atoms with Gasteiger partial charge in [-0.3, -0.25) is 4.72 Å². The number of nitrogens with zero attached hydrogens (tertiary/aromatic N) is 1. The quantitative estimate of drug-likeness (QED) is 0.368. The molecule has 0 aliphatic carbocycles. The van der Waals surface area contributed by atoms with Gasteiger partial charge in [-0.15, -0.1) is 0 Å². The van der Waals surface area contributed by atoms with E-state index in [1.807, 2.05) is 43.3 Å². The number of para-hydroxylation sites is 1. The molecule has 0 aliphatic heterocycles. The molecule has 2 aromatic carbocycles. The number of benzene rings is 2. The Morgan fingerprint density at radius 2 is 1.71 bits per heavy atom. The molecule has 2 aromatic rings. The van der Waals surface area contributed by atoms with Gasteiger partial charge in [0.2, 0.25) is 10.0 Å². The zero-order valence-electron chi connectivity index (χ0n) is 18.9. The zero-order chi connectivity index (χ0) is 23.1. The van der Waals surface area contributed by atoms with Crippen LogP contribution in [0.15, 0.2) is 53.5 Å². The van der Waals surface area contributed by atoms with Crippen LogP contribution in [0.1, 0.15) is 50.5 Å². The van der Waals surface area contributed by atoms with Crippen molar-refractivity contribution in [2.45, 2.75) is 45.8 Å². The number of nitrogens with one attached hydrogen (secondary N) is 3. The number of sulfonamides is 1. The van der Waals surface area contributed by atoms with E-state index in [0.29, 0.717) is 24.7 Å². The number of anilines is 1. The molecular weight excluding hydrogens is 412 g/mol. The number of hydrogen-bond acceptors (Lipinski definition) is 4. The average molecular weight is 447 g/mol. The monoisotopic (exact) mass is 446 g/mol. The first-order valence-corrected chi connectivity index (χ1v) is 12.2. The molecule has 1 atom stereocenters. The Labute approximate surface area is 186 Å². The Bertz CT molecular complexity index is 981. The minimum atomic E-state index is -3.38. The minimum absolute atomic E-state index is 0.0643. The summed E-state index contributed by atoms with van der Waals surface area (Å²) < 4.78 is 25.7. The van der Waals surface area contributed by atoms with Crippen molar-refractivity contribution in [1.29, 1.82) is 0 Å². The van der Waals surface area contributed by atoms with E-state index in [1.54, 1.807) is 12.1 Å². The molecule has 0 saturated heterocycles. The number of hydrogen-bond donors (Lipinski definition) is 4. The minimum Gasteiger partial charge on any atom is -0.387 e. The summed E-state index contributed by atoms with van der Waals surface area (Å²) in [5.74, 6) is 0.544. The molecule has 2 rings (SSSR count). The third-order valence-corrected chi connectivity index (χ3v) is 5.28. The summed E-state index contributed by atoms with van der Waals surface area (Å²) in [5.41, 5.74) is 3.37. The predicted octanol–water partition coefficient (Wildman–Crippen LogP) is 3.14. The Morgan fingerprint density at radius 3 is 2.29 bits per heavy atom. The molecule has 170 valence electrons. The fourth-order valence-corrected chi connectivity index (χ4v) is 3.58. The Morgan fingerprint density at radius 1 is 1.06 bits per heavy atom. The maximum Gasteiger partial charge on any atom is 0.229 e. The third kappa shape index (κ3) is 8.22. The largest absolute Gasteiger partial charge is 0.387 e. The smallest absolute Gasteiger partial charge is 0.229 e. The molecule has 0 fully saturated rings. The van der Waals surface area contributed by atoms with Gasteiger partial charge in [0.25, 0.3) is 0 Å². The van der Waals surface area contributed by atoms with Gasteiger partial charge < -0.3 is 15.7 Å². The third-order valence-electron chi connectivity index (χ3n) is 4.69. The predicted molar refractivity (Wildman–Crippen MR) is 128 cm³/mol. The molecule has 0 saturated carbocycles. The zero-order valence-corrected chi connectivity index (χ0v) is 19.8. The molecule has 0 radical (unpaired) electrons. The highest BCUT2D eigenvalue weighted by atomic mass is 32.2. The summed E-state index contributed by atoms with van der Waals surface area (Å²) in [5, 5.41) is 16.9. The van der Waals surface area contributed by atoms with Gasteiger partial charge in [0.15, 0.2) is 5.96 Å². The first kappa shape index (κ1) is 24.7. The topological polar surface area (TPSA) is 103 Å². The molecule has 8 heteroatoms. The van der Waals surface area contributed by atoms with Crippen molar-refractivity contribution < 1.29 is 13.5 Å². The van der Waals surface area contributed by atoms with Crippen molar-refractivity contribution in [2.24, 2.45) is 4.99 Å². The molecule has 1 unspecified atom stereocenters. The molecule has 31 heavy (non-hydrogen) atoms. The highest BCUT2D eigenvalue weighted by molar-refractivity contribution is 7.92. The summed E-state index contributed by atoms with van der Waals surface area (Å²) in [6.45, 7) is 9.66. The van der Waals surface area contributed by atoms with Crippen LogP contribution in [-0.2, 0) is 22.0 Å². The summed E-state index contributed by atoms with van der Waals surface area (Å²) in [7, 11) is -3.38. The fourth-order valence-electron chi connectivity index (χ4n) is 2.98. The number of aliphatic hydroxyl groups excluding tert-OH is 1. The fraction of sp³-hybridized carbons (Fsp3) is 0.435. The van der Waals surface area contributed by atoms with Gasteiger partial charge >= 0.3 is 0 Å². The van der Waals surface area contributed by atoms with Gasteiger partial charge in [0.05, 0.1) is 24.6 Å². The van der Waals surface area contributed by atoms with Crippen LogP contribution in [0, 0.1) is 0 Å². The van der Waals surface area contributed by atoms with Gasteiger partial charge in [-0.05, 0) is 35.1 Å². The Kier molecular flexibility index (Phi) is 8.47. The lowest BCUT2D eigenvalue weighted by Gasteiger charge is -2.20. The van der Waals surface area contributed by atoms with Crippen LogP contribution in [0.5, 0.6) is 0 Å². The van der Waals surface area contributed by atoms with Crippen LogP contribution < -0.4 is 15.4 Å². The summed E-state index contributed by atoms with van der Waals surface area (Å²) in [6, 6.07) is 15.1. The molecule has 0 aliphatic rings. The molecule has 4 N–H and O–H groups in total. The maximum atomic E-state index is 11.6. The first-order valence-electron chi connectivity index (χ1n) is 10.4. The molecule has 0 amide bonds. The number of rotatable bonds is 8. The van der Waals surface area contributed by atoms with Crippen LogP contribution >= 0.6 is 0 Å². The van der Waals surface area contributed by atoms with Crippen molar-refractivity contribution in [3.05, 3.63) is 65.2 Å². The van der Waals surface area contributed by atoms with Crippen LogP contribution in [-0.4, -0.2) is 38.8 Å². The Balaban J connectivity index is 2.05. The molecular formula is C23H34N4O3S. The van der Waals surface area contributed by atoms with Crippen LogP contribution in [0.3, 0.4) is 0 Å². The van der Waals surface area contributed by atoms with Crippen LogP contribution in [0.4, 0.5) is 5.69 Å². The van der Waals surface area contributed by atoms with E-state index in [0.717, 1.165) is 17.4 Å². The average Bonchev–Trinajstić information content (AvgIpc) is 2.69. The van der Waals surface area contributed by atoms with Crippen LogP contribution in [0.25, 0.3) is 0 Å². The van der Waals surface area contributed by atoms with E-state index in [2.05, 4.69) is 41.1 Å². The van der Waals surface area contributed by atoms with Gasteiger partial charge in [0, 0.05) is 13.1 Å². The molecule has 7 nitrogen and oxygen atoms in total. The number of aliphatic hydroxyl groups is 1. The van der Waals surface area contributed by atoms with Crippen molar-refractivity contribution in [3.63, 3.8) is 0 Å². The Hall–Kier alpha value is -2.58. The number of guanidine groups is 1. The van der Waals surface area contributed by atoms with E-state index in [1.165, 1.54) is 5.56 Å². The van der Waals surface area contributed by atoms with E-state index in [4.69, 9.17) is 0 Å². The van der Waals surface area contributed by atoms with E-state index < -0.39 is 16.1 Å². The standard InChI is InChI=1S/C23H34N4O3S/c1-6-24-22(25-15-18-9-7-8-10-20(18)27-31(5,29)30)26-16-21(28)17-11-13-19(14-12-17)23(2,3)4/h7-14,21,27-28H,6,15-16H2,1-5H3,(H2,24,25,26). The summed E-state index contributed by atoms with van der Waals surface area (Å²) >= 11 is 0. The van der Waals surface area contributed by atoms with Crippen molar-refractivity contribution in [2.75, 3.05) is 24.1 Å². The van der Waals surface area contributed by atoms with Crippen LogP contribution in [0.2, 0.25) is 0 Å². The van der Waals surface area contributed by atoms with E-state index in [-0.39, 0.29) is 12.0 Å². The normalized spacial score (nSPS) is 13.5. The summed E-state index contributed by atoms with van der Waals surface area (Å²) in [4.78, 5) is 4.53. The van der Waals surface area contributed by atoms with Gasteiger partial charge in [-0.25, -0.2) is 13.4 Å². The van der Waals surface area contributed by atoms with Crippen molar-refractivity contribution >= 4 is 21.7 Å². The second kappa shape index (κ2) is 10.6. The van der Waals surface area contributed by atoms with E-state index >= 15 is 0 Å². The van der Waals surface area contributed by atoms with Gasteiger partial charge in [0.1, 0.15) is 0 Å². The maximum absolute atomic E-state index is 11.6. The SMILES string of the molecule is CCNC(=NCc1ccccc1NS(C)(=O)=O)NCC(O)c1ccc(C(C)(C)C)cc1. The molecule has 0 aromatic heterocycles. The second-order valence-electron chi connectivity index (χ2n) is 8.50. The van der Waals surface area contributed by atoms with Gasteiger partial charge in [-0.2, -0.15) is 0 Å². The van der Waals surface area contributed by atoms with E-state index in [9.17, 15) is 13.5 Å². The highest BCUT2D eigenvalue weighted by Gasteiger charge is 2.15. The lowest BCUT2D eigenvalue weighted by atomic mass is 9.86. The van der Waals surface area contributed by atoms with Gasteiger partial charge in [-0.1, -0.05) is 63.2 Å². The molecule has 0 bridgehead atoms. The first-order chi connectivity index (χ1) is 14.5. The lowest BCUT2D eigenvalue weighted by molar-refractivity contribution is 0.181. The summed E-state index contributed by atoms with van der Waals surface area (Å²) in [6.07, 6.45) is 0.436. The van der Waals surface area contributed by atoms with Crippen molar-refractivity contribution in [3.8, 4) is 0 Å². The molecule has 0 spiro atoms. The molecule has 0 heterocycles. The lowest BCUT2D eigenvalue weighted by Crippen LogP contribution is -2.39. The van der Waals surface area contributed by atoms with Crippen molar-refractivity contribution in [1.82, 2.24) is 10.6 Å². The highest BCUT2D eigenvalue weighted by Crippen LogP contribution is 2.24.